The van der Waals surface area contributed by atoms with Crippen molar-refractivity contribution in [3.8, 4) is 0 Å². The normalized spacial score (nSPS) is 27.0. The number of aliphatic hydroxyl groups excluding tert-OH is 1. The van der Waals surface area contributed by atoms with Crippen LogP contribution >= 0.6 is 0 Å². The fourth-order valence-electron chi connectivity index (χ4n) is 1.33. The minimum Gasteiger partial charge on any atom is -0.396 e. The summed E-state index contributed by atoms with van der Waals surface area (Å²) in [4.78, 5) is 0. The molecule has 0 saturated heterocycles. The third-order valence-electron chi connectivity index (χ3n) is 2.49. The molecule has 0 amide bonds. The maximum atomic E-state index is 8.52. The zero-order valence-corrected chi connectivity index (χ0v) is 7.56. The zero-order chi connectivity index (χ0) is 8.32. The summed E-state index contributed by atoms with van der Waals surface area (Å²) in [6.07, 6.45) is 3.34. The van der Waals surface area contributed by atoms with E-state index in [0.29, 0.717) is 12.0 Å². The lowest BCUT2D eigenvalue weighted by Gasteiger charge is -2.04. The van der Waals surface area contributed by atoms with Crippen LogP contribution in [-0.2, 0) is 0 Å². The monoisotopic (exact) mass is 157 g/mol. The molecule has 0 aliphatic heterocycles. The van der Waals surface area contributed by atoms with Gasteiger partial charge in [-0.3, -0.25) is 0 Å². The Kier molecular flexibility index (Phi) is 2.90. The van der Waals surface area contributed by atoms with Gasteiger partial charge in [0.1, 0.15) is 0 Å². The van der Waals surface area contributed by atoms with Crippen molar-refractivity contribution in [3.63, 3.8) is 0 Å². The molecular weight excluding hydrogens is 138 g/mol. The molecule has 1 saturated carbocycles. The number of unbranched alkanes of at least 4 members (excludes halogenated alkanes) is 1. The van der Waals surface area contributed by atoms with Crippen LogP contribution in [-0.4, -0.2) is 24.3 Å². The maximum absolute atomic E-state index is 8.52. The van der Waals surface area contributed by atoms with E-state index in [9.17, 15) is 0 Å². The predicted molar refractivity (Wildman–Crippen MR) is 46.5 cm³/mol. The van der Waals surface area contributed by atoms with Crippen LogP contribution in [0.5, 0.6) is 0 Å². The molecule has 0 bridgehead atoms. The Hall–Kier alpha value is -0.0800. The summed E-state index contributed by atoms with van der Waals surface area (Å²) in [6.45, 7) is 5.97. The molecule has 0 aromatic carbocycles. The van der Waals surface area contributed by atoms with Gasteiger partial charge < -0.3 is 10.4 Å². The Morgan fingerprint density at radius 1 is 1.45 bits per heavy atom. The van der Waals surface area contributed by atoms with E-state index in [-0.39, 0.29) is 0 Å². The second-order valence-electron chi connectivity index (χ2n) is 4.13. The van der Waals surface area contributed by atoms with Crippen LogP contribution in [0.15, 0.2) is 0 Å². The van der Waals surface area contributed by atoms with Gasteiger partial charge in [-0.2, -0.15) is 0 Å². The summed E-state index contributed by atoms with van der Waals surface area (Å²) in [6, 6.07) is 0.737. The second kappa shape index (κ2) is 3.55. The number of aliphatic hydroxyl groups is 1. The number of nitrogens with one attached hydrogen (secondary N) is 1. The summed E-state index contributed by atoms with van der Waals surface area (Å²) in [5.74, 6) is 0. The standard InChI is InChI=1S/C9H19NO/c1-9(2)7-8(9)10-5-3-4-6-11/h8,10-11H,3-7H2,1-2H3. The van der Waals surface area contributed by atoms with Crippen molar-refractivity contribution in [2.45, 2.75) is 39.2 Å². The molecule has 0 aromatic heterocycles. The van der Waals surface area contributed by atoms with Gasteiger partial charge in [0, 0.05) is 12.6 Å². The lowest BCUT2D eigenvalue weighted by molar-refractivity contribution is 0.283. The van der Waals surface area contributed by atoms with Gasteiger partial charge in [0.05, 0.1) is 0 Å². The molecule has 0 aromatic rings. The minimum absolute atomic E-state index is 0.329. The number of hydrogen-bond acceptors (Lipinski definition) is 2. The molecule has 2 N–H and O–H groups in total. The van der Waals surface area contributed by atoms with Crippen LogP contribution in [0.25, 0.3) is 0 Å². The van der Waals surface area contributed by atoms with E-state index in [4.69, 9.17) is 5.11 Å². The Labute approximate surface area is 69.0 Å². The van der Waals surface area contributed by atoms with Gasteiger partial charge in [-0.1, -0.05) is 13.8 Å². The van der Waals surface area contributed by atoms with Gasteiger partial charge >= 0.3 is 0 Å². The van der Waals surface area contributed by atoms with Crippen molar-refractivity contribution in [2.24, 2.45) is 5.41 Å². The highest BCUT2D eigenvalue weighted by atomic mass is 16.2. The highest BCUT2D eigenvalue weighted by Crippen LogP contribution is 2.44. The molecule has 1 aliphatic carbocycles. The Morgan fingerprint density at radius 3 is 2.55 bits per heavy atom. The SMILES string of the molecule is CC1(C)CC1NCCCCO. The number of rotatable bonds is 5. The molecule has 2 heteroatoms. The second-order valence-corrected chi connectivity index (χ2v) is 4.13. The van der Waals surface area contributed by atoms with Crippen molar-refractivity contribution >= 4 is 0 Å². The molecule has 2 nitrogen and oxygen atoms in total. The first kappa shape index (κ1) is 9.01. The minimum atomic E-state index is 0.329. The van der Waals surface area contributed by atoms with E-state index < -0.39 is 0 Å². The molecule has 11 heavy (non-hydrogen) atoms. The lowest BCUT2D eigenvalue weighted by atomic mass is 10.2. The molecule has 1 unspecified atom stereocenters. The predicted octanol–water partition coefficient (Wildman–Crippen LogP) is 1.15. The largest absolute Gasteiger partial charge is 0.396 e. The van der Waals surface area contributed by atoms with E-state index in [1.165, 1.54) is 6.42 Å². The highest BCUT2D eigenvalue weighted by Gasteiger charge is 2.44. The molecule has 0 radical (unpaired) electrons. The quantitative estimate of drug-likeness (QED) is 0.587. The topological polar surface area (TPSA) is 32.3 Å². The fraction of sp³-hybridized carbons (Fsp3) is 1.00. The smallest absolute Gasteiger partial charge is 0.0431 e. The van der Waals surface area contributed by atoms with Crippen LogP contribution in [0.2, 0.25) is 0 Å². The molecule has 1 rings (SSSR count). The molecule has 1 aliphatic rings. The lowest BCUT2D eigenvalue weighted by Crippen LogP contribution is -2.21. The first-order chi connectivity index (χ1) is 5.17. The van der Waals surface area contributed by atoms with Gasteiger partial charge in [-0.05, 0) is 31.2 Å². The van der Waals surface area contributed by atoms with Gasteiger partial charge in [-0.25, -0.2) is 0 Å². The molecule has 1 fully saturated rings. The fourth-order valence-corrected chi connectivity index (χ4v) is 1.33. The van der Waals surface area contributed by atoms with Gasteiger partial charge in [0.25, 0.3) is 0 Å². The number of hydrogen-bond donors (Lipinski definition) is 2. The Bertz CT molecular complexity index is 123. The summed E-state index contributed by atoms with van der Waals surface area (Å²) in [5.41, 5.74) is 0.541. The third kappa shape index (κ3) is 2.80. The van der Waals surface area contributed by atoms with Gasteiger partial charge in [0.15, 0.2) is 0 Å². The summed E-state index contributed by atoms with van der Waals surface area (Å²) < 4.78 is 0. The summed E-state index contributed by atoms with van der Waals surface area (Å²) in [7, 11) is 0. The van der Waals surface area contributed by atoms with E-state index in [1.807, 2.05) is 0 Å². The average molecular weight is 157 g/mol. The van der Waals surface area contributed by atoms with Crippen molar-refractivity contribution in [3.05, 3.63) is 0 Å². The first-order valence-corrected chi connectivity index (χ1v) is 4.51. The molecular formula is C9H19NO. The van der Waals surface area contributed by atoms with Crippen molar-refractivity contribution in [1.82, 2.24) is 5.32 Å². The average Bonchev–Trinajstić information content (AvgIpc) is 2.52. The van der Waals surface area contributed by atoms with Gasteiger partial charge in [0.2, 0.25) is 0 Å². The van der Waals surface area contributed by atoms with Crippen molar-refractivity contribution in [2.75, 3.05) is 13.2 Å². The van der Waals surface area contributed by atoms with E-state index in [2.05, 4.69) is 19.2 Å². The van der Waals surface area contributed by atoms with E-state index in [0.717, 1.165) is 25.4 Å². The van der Waals surface area contributed by atoms with Crippen molar-refractivity contribution < 1.29 is 5.11 Å². The van der Waals surface area contributed by atoms with E-state index >= 15 is 0 Å². The third-order valence-corrected chi connectivity index (χ3v) is 2.49. The molecule has 66 valence electrons. The van der Waals surface area contributed by atoms with Crippen LogP contribution in [0.4, 0.5) is 0 Å². The molecule has 0 heterocycles. The summed E-state index contributed by atoms with van der Waals surface area (Å²) in [5, 5.41) is 12.0. The summed E-state index contributed by atoms with van der Waals surface area (Å²) >= 11 is 0. The zero-order valence-electron chi connectivity index (χ0n) is 7.56. The van der Waals surface area contributed by atoms with E-state index in [1.54, 1.807) is 0 Å². The molecule has 1 atom stereocenters. The van der Waals surface area contributed by atoms with Crippen LogP contribution in [0.1, 0.15) is 33.1 Å². The van der Waals surface area contributed by atoms with Crippen LogP contribution in [0, 0.1) is 5.41 Å². The Morgan fingerprint density at radius 2 is 2.09 bits per heavy atom. The van der Waals surface area contributed by atoms with Crippen LogP contribution in [0.3, 0.4) is 0 Å². The Balaban J connectivity index is 1.90. The van der Waals surface area contributed by atoms with Gasteiger partial charge in [-0.15, -0.1) is 0 Å². The first-order valence-electron chi connectivity index (χ1n) is 4.51. The maximum Gasteiger partial charge on any atom is 0.0431 e. The van der Waals surface area contributed by atoms with Crippen molar-refractivity contribution in [1.29, 1.82) is 0 Å². The highest BCUT2D eigenvalue weighted by molar-refractivity contribution is 5.01. The van der Waals surface area contributed by atoms with Crippen LogP contribution < -0.4 is 5.32 Å². The molecule has 0 spiro atoms.